The van der Waals surface area contributed by atoms with E-state index in [-0.39, 0.29) is 12.1 Å². The largest absolute Gasteiger partial charge is 0.493 e. The lowest BCUT2D eigenvalue weighted by Gasteiger charge is -2.30. The van der Waals surface area contributed by atoms with Crippen molar-refractivity contribution in [2.75, 3.05) is 25.3 Å². The van der Waals surface area contributed by atoms with Gasteiger partial charge in [-0.1, -0.05) is 0 Å². The molecule has 2 heterocycles. The normalized spacial score (nSPS) is 15.8. The zero-order valence-corrected chi connectivity index (χ0v) is 14.6. The fourth-order valence-electron chi connectivity index (χ4n) is 3.18. The van der Waals surface area contributed by atoms with Crippen LogP contribution in [0.3, 0.4) is 0 Å². The number of nitrogens with zero attached hydrogens (tertiary/aromatic N) is 1. The summed E-state index contributed by atoms with van der Waals surface area (Å²) in [6.45, 7) is 6.72. The fraction of sp³-hybridized carbons (Fsp3) is 0.500. The van der Waals surface area contributed by atoms with E-state index in [4.69, 9.17) is 14.2 Å². The molecule has 0 atom stereocenters. The monoisotopic (exact) mass is 332 g/mol. The highest BCUT2D eigenvalue weighted by Gasteiger charge is 2.33. The van der Waals surface area contributed by atoms with Gasteiger partial charge in [0, 0.05) is 11.8 Å². The minimum atomic E-state index is -0.286. The van der Waals surface area contributed by atoms with Crippen LogP contribution in [0.25, 0.3) is 0 Å². The van der Waals surface area contributed by atoms with Crippen LogP contribution in [0, 0.1) is 0 Å². The zero-order chi connectivity index (χ0) is 17.3. The number of hydrogen-bond donors (Lipinski definition) is 1. The van der Waals surface area contributed by atoms with E-state index in [1.807, 2.05) is 32.9 Å². The van der Waals surface area contributed by atoms with Crippen molar-refractivity contribution in [2.24, 2.45) is 0 Å². The SMILES string of the molecule is CCOC(=O)C1=C2CCc3cc(OC)c(OC(C)C)cc3N2CN1. The first-order chi connectivity index (χ1) is 11.5. The summed E-state index contributed by atoms with van der Waals surface area (Å²) in [4.78, 5) is 14.2. The van der Waals surface area contributed by atoms with Crippen molar-refractivity contribution in [3.8, 4) is 11.5 Å². The standard InChI is InChI=1S/C18H24N2O4/c1-5-23-18(21)17-13-7-6-12-8-15(22-4)16(24-11(2)3)9-14(12)20(13)10-19-17/h8-9,11,19H,5-7,10H2,1-4H3. The lowest BCUT2D eigenvalue weighted by atomic mass is 9.98. The molecule has 2 aliphatic heterocycles. The Labute approximate surface area is 142 Å². The van der Waals surface area contributed by atoms with E-state index in [0.29, 0.717) is 19.0 Å². The van der Waals surface area contributed by atoms with Crippen LogP contribution in [0.4, 0.5) is 5.69 Å². The number of fused-ring (bicyclic) bond motifs is 3. The topological polar surface area (TPSA) is 60.0 Å². The minimum absolute atomic E-state index is 0.0577. The zero-order valence-electron chi connectivity index (χ0n) is 14.6. The number of carbonyl (C=O) groups excluding carboxylic acids is 1. The Kier molecular flexibility index (Phi) is 4.55. The molecule has 0 amide bonds. The van der Waals surface area contributed by atoms with Crippen molar-refractivity contribution < 1.29 is 19.0 Å². The average molecular weight is 332 g/mol. The molecule has 0 spiro atoms. The number of anilines is 1. The molecule has 1 N–H and O–H groups in total. The summed E-state index contributed by atoms with van der Waals surface area (Å²) in [5, 5.41) is 3.17. The summed E-state index contributed by atoms with van der Waals surface area (Å²) >= 11 is 0. The Hall–Kier alpha value is -2.37. The molecular weight excluding hydrogens is 308 g/mol. The maximum atomic E-state index is 12.1. The minimum Gasteiger partial charge on any atom is -0.493 e. The molecule has 0 bridgehead atoms. The molecule has 0 saturated carbocycles. The molecule has 24 heavy (non-hydrogen) atoms. The molecule has 2 aliphatic rings. The Morgan fingerprint density at radius 2 is 2.08 bits per heavy atom. The lowest BCUT2D eigenvalue weighted by molar-refractivity contribution is -0.138. The third-order valence-corrected chi connectivity index (χ3v) is 4.16. The first-order valence-electron chi connectivity index (χ1n) is 8.34. The van der Waals surface area contributed by atoms with Gasteiger partial charge in [-0.25, -0.2) is 4.79 Å². The highest BCUT2D eigenvalue weighted by atomic mass is 16.5. The molecule has 0 saturated heterocycles. The molecule has 1 aromatic carbocycles. The van der Waals surface area contributed by atoms with Gasteiger partial charge in [0.25, 0.3) is 0 Å². The maximum Gasteiger partial charge on any atom is 0.356 e. The van der Waals surface area contributed by atoms with Gasteiger partial charge in [0.15, 0.2) is 11.5 Å². The van der Waals surface area contributed by atoms with Crippen LogP contribution >= 0.6 is 0 Å². The molecule has 1 aromatic rings. The van der Waals surface area contributed by atoms with Crippen LogP contribution in [0.1, 0.15) is 32.8 Å². The van der Waals surface area contributed by atoms with Gasteiger partial charge in [-0.05, 0) is 45.2 Å². The third-order valence-electron chi connectivity index (χ3n) is 4.16. The first kappa shape index (κ1) is 16.5. The molecular formula is C18H24N2O4. The Bertz CT molecular complexity index is 682. The number of nitrogens with one attached hydrogen (secondary N) is 1. The molecule has 0 radical (unpaired) electrons. The second kappa shape index (κ2) is 6.63. The predicted octanol–water partition coefficient (Wildman–Crippen LogP) is 2.57. The predicted molar refractivity (Wildman–Crippen MR) is 91.2 cm³/mol. The van der Waals surface area contributed by atoms with Crippen molar-refractivity contribution in [2.45, 2.75) is 39.7 Å². The van der Waals surface area contributed by atoms with Crippen molar-refractivity contribution in [3.05, 3.63) is 29.1 Å². The van der Waals surface area contributed by atoms with Crippen LogP contribution in [-0.4, -0.2) is 32.5 Å². The molecule has 6 heteroatoms. The summed E-state index contributed by atoms with van der Waals surface area (Å²) in [5.41, 5.74) is 3.81. The molecule has 6 nitrogen and oxygen atoms in total. The van der Waals surface area contributed by atoms with Gasteiger partial charge in [-0.3, -0.25) is 0 Å². The molecule has 0 fully saturated rings. The number of esters is 1. The lowest BCUT2D eigenvalue weighted by Crippen LogP contribution is -2.27. The number of rotatable bonds is 5. The number of benzene rings is 1. The summed E-state index contributed by atoms with van der Waals surface area (Å²) in [6, 6.07) is 4.04. The molecule has 3 rings (SSSR count). The van der Waals surface area contributed by atoms with Crippen molar-refractivity contribution in [1.82, 2.24) is 5.32 Å². The Balaban J connectivity index is 1.99. The van der Waals surface area contributed by atoms with Crippen LogP contribution in [0.2, 0.25) is 0 Å². The van der Waals surface area contributed by atoms with E-state index in [0.717, 1.165) is 35.7 Å². The molecule has 0 unspecified atom stereocenters. The number of ether oxygens (including phenoxy) is 3. The average Bonchev–Trinajstić information content (AvgIpc) is 2.98. The van der Waals surface area contributed by atoms with Gasteiger partial charge in [0.05, 0.1) is 32.2 Å². The number of aryl methyl sites for hydroxylation is 1. The quantitative estimate of drug-likeness (QED) is 0.836. The van der Waals surface area contributed by atoms with Crippen LogP contribution in [-0.2, 0) is 16.0 Å². The van der Waals surface area contributed by atoms with Gasteiger partial charge < -0.3 is 24.4 Å². The summed E-state index contributed by atoms with van der Waals surface area (Å²) in [5.74, 6) is 1.18. The maximum absolute atomic E-state index is 12.1. The smallest absolute Gasteiger partial charge is 0.356 e. The first-order valence-corrected chi connectivity index (χ1v) is 8.34. The molecule has 0 aliphatic carbocycles. The fourth-order valence-corrected chi connectivity index (χ4v) is 3.18. The van der Waals surface area contributed by atoms with Crippen molar-refractivity contribution in [1.29, 1.82) is 0 Å². The molecule has 130 valence electrons. The van der Waals surface area contributed by atoms with E-state index in [9.17, 15) is 4.79 Å². The van der Waals surface area contributed by atoms with Gasteiger partial charge >= 0.3 is 5.97 Å². The van der Waals surface area contributed by atoms with Crippen LogP contribution < -0.4 is 19.7 Å². The van der Waals surface area contributed by atoms with Crippen molar-refractivity contribution in [3.63, 3.8) is 0 Å². The molecule has 0 aromatic heterocycles. The van der Waals surface area contributed by atoms with E-state index < -0.39 is 0 Å². The summed E-state index contributed by atoms with van der Waals surface area (Å²) in [7, 11) is 1.65. The van der Waals surface area contributed by atoms with E-state index >= 15 is 0 Å². The number of methoxy groups -OCH3 is 1. The van der Waals surface area contributed by atoms with Gasteiger partial charge in [0.2, 0.25) is 0 Å². The van der Waals surface area contributed by atoms with Crippen LogP contribution in [0.15, 0.2) is 23.5 Å². The van der Waals surface area contributed by atoms with Gasteiger partial charge in [-0.2, -0.15) is 0 Å². The van der Waals surface area contributed by atoms with Gasteiger partial charge in [0.1, 0.15) is 5.70 Å². The summed E-state index contributed by atoms with van der Waals surface area (Å²) in [6.07, 6.45) is 1.70. The number of allylic oxidation sites excluding steroid dienone is 1. The second-order valence-electron chi connectivity index (χ2n) is 6.10. The highest BCUT2D eigenvalue weighted by Crippen LogP contribution is 2.42. The van der Waals surface area contributed by atoms with Crippen molar-refractivity contribution >= 4 is 11.7 Å². The van der Waals surface area contributed by atoms with Crippen LogP contribution in [0.5, 0.6) is 11.5 Å². The summed E-state index contributed by atoms with van der Waals surface area (Å²) < 4.78 is 16.5. The third kappa shape index (κ3) is 2.88. The second-order valence-corrected chi connectivity index (χ2v) is 6.10. The van der Waals surface area contributed by atoms with E-state index in [1.54, 1.807) is 7.11 Å². The number of carbonyl (C=O) groups is 1. The highest BCUT2D eigenvalue weighted by molar-refractivity contribution is 5.91. The Morgan fingerprint density at radius 1 is 1.29 bits per heavy atom. The number of hydrogen-bond acceptors (Lipinski definition) is 6. The van der Waals surface area contributed by atoms with E-state index in [2.05, 4.69) is 10.2 Å². The Morgan fingerprint density at radius 3 is 2.75 bits per heavy atom. The van der Waals surface area contributed by atoms with E-state index in [1.165, 1.54) is 5.56 Å². The van der Waals surface area contributed by atoms with Gasteiger partial charge in [-0.15, -0.1) is 0 Å².